The van der Waals surface area contributed by atoms with E-state index in [0.29, 0.717) is 5.56 Å². The Morgan fingerprint density at radius 1 is 1.11 bits per heavy atom. The molecule has 0 radical (unpaired) electrons. The van der Waals surface area contributed by atoms with Gasteiger partial charge < -0.3 is 25.4 Å². The molecule has 0 spiro atoms. The third-order valence-electron chi connectivity index (χ3n) is 3.64. The van der Waals surface area contributed by atoms with E-state index in [1.165, 1.54) is 37.3 Å². The van der Waals surface area contributed by atoms with Crippen LogP contribution in [0.5, 0.6) is 11.5 Å². The summed E-state index contributed by atoms with van der Waals surface area (Å²) in [6.07, 6.45) is -0.643. The topological polar surface area (TPSA) is 119 Å². The van der Waals surface area contributed by atoms with E-state index in [1.54, 1.807) is 0 Å². The van der Waals surface area contributed by atoms with Crippen molar-refractivity contribution in [2.24, 2.45) is 5.73 Å². The van der Waals surface area contributed by atoms with Crippen LogP contribution in [0.1, 0.15) is 22.8 Å². The summed E-state index contributed by atoms with van der Waals surface area (Å²) in [6, 6.07) is 7.98. The SMILES string of the molecule is C[C@@H](COC(=O)c1ccc(F)cc1)OC(=O)[C@@H](N)Cc1ccc(O)c(O)c1. The highest BCUT2D eigenvalue weighted by molar-refractivity contribution is 5.89. The van der Waals surface area contributed by atoms with Gasteiger partial charge in [0.25, 0.3) is 0 Å². The van der Waals surface area contributed by atoms with Crippen LogP contribution in [-0.2, 0) is 20.7 Å². The van der Waals surface area contributed by atoms with Crippen molar-refractivity contribution in [3.63, 3.8) is 0 Å². The van der Waals surface area contributed by atoms with Crippen molar-refractivity contribution in [3.05, 3.63) is 59.4 Å². The third kappa shape index (κ3) is 5.96. The minimum atomic E-state index is -0.996. The van der Waals surface area contributed by atoms with E-state index in [1.807, 2.05) is 0 Å². The van der Waals surface area contributed by atoms with Crippen LogP contribution in [0.15, 0.2) is 42.5 Å². The maximum absolute atomic E-state index is 12.8. The summed E-state index contributed by atoms with van der Waals surface area (Å²) in [5, 5.41) is 18.7. The summed E-state index contributed by atoms with van der Waals surface area (Å²) in [4.78, 5) is 23.8. The number of ether oxygens (including phenoxy) is 2. The van der Waals surface area contributed by atoms with Gasteiger partial charge in [0.05, 0.1) is 5.56 Å². The summed E-state index contributed by atoms with van der Waals surface area (Å²) < 4.78 is 23.0. The van der Waals surface area contributed by atoms with Crippen LogP contribution in [0, 0.1) is 5.82 Å². The van der Waals surface area contributed by atoms with Gasteiger partial charge in [-0.25, -0.2) is 9.18 Å². The summed E-state index contributed by atoms with van der Waals surface area (Å²) in [6.45, 7) is 1.35. The number of phenols is 2. The molecule has 144 valence electrons. The zero-order valence-electron chi connectivity index (χ0n) is 14.6. The number of nitrogens with two attached hydrogens (primary N) is 1. The molecule has 2 rings (SSSR count). The molecule has 0 amide bonds. The normalized spacial score (nSPS) is 12.9. The van der Waals surface area contributed by atoms with Crippen LogP contribution in [0.25, 0.3) is 0 Å². The molecule has 0 aromatic heterocycles. The lowest BCUT2D eigenvalue weighted by atomic mass is 10.1. The molecule has 2 aromatic carbocycles. The quantitative estimate of drug-likeness (QED) is 0.498. The van der Waals surface area contributed by atoms with Crippen LogP contribution < -0.4 is 5.73 Å². The van der Waals surface area contributed by atoms with Gasteiger partial charge in [-0.2, -0.15) is 0 Å². The summed E-state index contributed by atoms with van der Waals surface area (Å²) in [5.41, 5.74) is 6.51. The number of rotatable bonds is 7. The molecule has 0 fully saturated rings. The molecule has 0 saturated carbocycles. The van der Waals surface area contributed by atoms with E-state index in [-0.39, 0.29) is 30.1 Å². The van der Waals surface area contributed by atoms with E-state index in [0.717, 1.165) is 12.1 Å². The van der Waals surface area contributed by atoms with Crippen molar-refractivity contribution in [2.45, 2.75) is 25.5 Å². The lowest BCUT2D eigenvalue weighted by Crippen LogP contribution is -2.37. The highest BCUT2D eigenvalue weighted by atomic mass is 19.1. The van der Waals surface area contributed by atoms with Crippen molar-refractivity contribution in [1.29, 1.82) is 0 Å². The molecule has 2 aromatic rings. The van der Waals surface area contributed by atoms with E-state index in [9.17, 15) is 24.2 Å². The second kappa shape index (κ2) is 9.00. The third-order valence-corrected chi connectivity index (χ3v) is 3.64. The van der Waals surface area contributed by atoms with Crippen molar-refractivity contribution >= 4 is 11.9 Å². The zero-order valence-corrected chi connectivity index (χ0v) is 14.6. The van der Waals surface area contributed by atoms with Gasteiger partial charge >= 0.3 is 11.9 Å². The number of benzene rings is 2. The largest absolute Gasteiger partial charge is 0.504 e. The van der Waals surface area contributed by atoms with E-state index in [2.05, 4.69) is 0 Å². The standard InChI is InChI=1S/C19H20FNO6/c1-11(10-26-18(24)13-3-5-14(20)6-4-13)27-19(25)15(21)8-12-2-7-16(22)17(23)9-12/h2-7,9,11,15,22-23H,8,10,21H2,1H3/t11-,15-/m0/s1. The van der Waals surface area contributed by atoms with Crippen LogP contribution in [0.3, 0.4) is 0 Å². The first kappa shape index (κ1) is 20.2. The van der Waals surface area contributed by atoms with Crippen LogP contribution in [-0.4, -0.2) is 40.9 Å². The Morgan fingerprint density at radius 2 is 1.78 bits per heavy atom. The van der Waals surface area contributed by atoms with Crippen molar-refractivity contribution in [2.75, 3.05) is 6.61 Å². The first-order valence-corrected chi connectivity index (χ1v) is 8.16. The lowest BCUT2D eigenvalue weighted by Gasteiger charge is -2.17. The number of aromatic hydroxyl groups is 2. The lowest BCUT2D eigenvalue weighted by molar-refractivity contribution is -0.151. The zero-order chi connectivity index (χ0) is 20.0. The molecule has 8 heteroatoms. The second-order valence-electron chi connectivity index (χ2n) is 5.99. The minimum absolute atomic E-state index is 0.0920. The first-order valence-electron chi connectivity index (χ1n) is 8.16. The number of esters is 2. The van der Waals surface area contributed by atoms with Crippen LogP contribution >= 0.6 is 0 Å². The first-order chi connectivity index (χ1) is 12.8. The van der Waals surface area contributed by atoms with Gasteiger partial charge in [0.15, 0.2) is 11.5 Å². The maximum Gasteiger partial charge on any atom is 0.338 e. The number of phenolic OH excluding ortho intramolecular Hbond substituents is 2. The van der Waals surface area contributed by atoms with Gasteiger partial charge in [-0.3, -0.25) is 4.79 Å². The summed E-state index contributed by atoms with van der Waals surface area (Å²) in [7, 11) is 0. The Morgan fingerprint density at radius 3 is 2.41 bits per heavy atom. The Bertz CT molecular complexity index is 808. The molecule has 0 bridgehead atoms. The minimum Gasteiger partial charge on any atom is -0.504 e. The molecule has 0 saturated heterocycles. The number of hydrogen-bond acceptors (Lipinski definition) is 7. The molecule has 7 nitrogen and oxygen atoms in total. The molecular formula is C19H20FNO6. The predicted molar refractivity (Wildman–Crippen MR) is 93.7 cm³/mol. The molecule has 27 heavy (non-hydrogen) atoms. The Labute approximate surface area is 155 Å². The summed E-state index contributed by atoms with van der Waals surface area (Å²) in [5.74, 6) is -2.42. The molecule has 0 unspecified atom stereocenters. The van der Waals surface area contributed by atoms with Gasteiger partial charge in [-0.15, -0.1) is 0 Å². The highest BCUT2D eigenvalue weighted by Crippen LogP contribution is 2.25. The van der Waals surface area contributed by atoms with Crippen molar-refractivity contribution in [3.8, 4) is 11.5 Å². The molecule has 0 heterocycles. The van der Waals surface area contributed by atoms with E-state index < -0.39 is 29.9 Å². The number of hydrogen-bond donors (Lipinski definition) is 3. The van der Waals surface area contributed by atoms with E-state index >= 15 is 0 Å². The fourth-order valence-electron chi connectivity index (χ4n) is 2.22. The predicted octanol–water partition coefficient (Wildman–Crippen LogP) is 1.90. The maximum atomic E-state index is 12.8. The van der Waals surface area contributed by atoms with Crippen LogP contribution in [0.4, 0.5) is 4.39 Å². The molecular weight excluding hydrogens is 357 g/mol. The Balaban J connectivity index is 1.80. The van der Waals surface area contributed by atoms with Crippen molar-refractivity contribution in [1.82, 2.24) is 0 Å². The van der Waals surface area contributed by atoms with Gasteiger partial charge in [0.2, 0.25) is 0 Å². The highest BCUT2D eigenvalue weighted by Gasteiger charge is 2.20. The summed E-state index contributed by atoms with van der Waals surface area (Å²) >= 11 is 0. The monoisotopic (exact) mass is 377 g/mol. The Kier molecular flexibility index (Phi) is 6.73. The fraction of sp³-hybridized carbons (Fsp3) is 0.263. The number of carbonyl (C=O) groups excluding carboxylic acids is 2. The molecule has 4 N–H and O–H groups in total. The van der Waals surface area contributed by atoms with Crippen molar-refractivity contribution < 1.29 is 33.7 Å². The average molecular weight is 377 g/mol. The van der Waals surface area contributed by atoms with Gasteiger partial charge in [-0.05, 0) is 55.3 Å². The van der Waals surface area contributed by atoms with Gasteiger partial charge in [-0.1, -0.05) is 6.07 Å². The fourth-order valence-corrected chi connectivity index (χ4v) is 2.22. The van der Waals surface area contributed by atoms with E-state index in [4.69, 9.17) is 15.2 Å². The molecule has 0 aliphatic heterocycles. The van der Waals surface area contributed by atoms with Gasteiger partial charge in [0, 0.05) is 0 Å². The smallest absolute Gasteiger partial charge is 0.338 e. The second-order valence-corrected chi connectivity index (χ2v) is 5.99. The number of halogens is 1. The van der Waals surface area contributed by atoms with Crippen LogP contribution in [0.2, 0.25) is 0 Å². The Hall–Kier alpha value is -3.13. The van der Waals surface area contributed by atoms with Gasteiger partial charge in [0.1, 0.15) is 24.6 Å². The number of carbonyl (C=O) groups is 2. The molecule has 0 aliphatic carbocycles. The molecule has 2 atom stereocenters. The average Bonchev–Trinajstić information content (AvgIpc) is 2.63. The molecule has 0 aliphatic rings.